The second-order valence-electron chi connectivity index (χ2n) is 11.0. The monoisotopic (exact) mass is 498 g/mol. The van der Waals surface area contributed by atoms with Crippen LogP contribution in [0, 0.1) is 11.8 Å². The molecule has 0 bridgehead atoms. The Balaban J connectivity index is 1.50. The molecule has 2 aliphatic heterocycles. The van der Waals surface area contributed by atoms with Crippen LogP contribution in [0.25, 0.3) is 0 Å². The summed E-state index contributed by atoms with van der Waals surface area (Å²) < 4.78 is 0. The van der Waals surface area contributed by atoms with E-state index in [9.17, 15) is 14.7 Å². The zero-order valence-electron chi connectivity index (χ0n) is 22.2. The molecule has 1 saturated carbocycles. The van der Waals surface area contributed by atoms with Gasteiger partial charge in [0.15, 0.2) is 0 Å². The highest BCUT2D eigenvalue weighted by molar-refractivity contribution is 5.83. The SMILES string of the molecule is CC[C@H](NC)C(=O)N[C@@H](C1CCCCC1)C(O)N1CC[C@H]2CCCN(CCc3ccccc3)C(=O)[C@H]21. The van der Waals surface area contributed by atoms with Crippen molar-refractivity contribution in [1.82, 2.24) is 20.4 Å². The Morgan fingerprint density at radius 1 is 1.06 bits per heavy atom. The normalized spacial score (nSPS) is 26.2. The quantitative estimate of drug-likeness (QED) is 0.462. The number of nitrogens with one attached hydrogen (secondary N) is 2. The number of hydrogen-bond acceptors (Lipinski definition) is 5. The molecule has 7 nitrogen and oxygen atoms in total. The maximum Gasteiger partial charge on any atom is 0.240 e. The standard InChI is InChI=1S/C29H46N4O3/c1-3-24(30-2)27(34)31-25(22-13-8-5-9-14-22)28(35)33-20-17-23-15-10-18-32(29(36)26(23)33)19-16-21-11-6-4-7-12-21/h4,6-7,11-12,22-26,28,30,35H,3,5,8-10,13-20H2,1-2H3,(H,31,34)/t23-,24+,25+,26+,28?/m1/s1. The van der Waals surface area contributed by atoms with E-state index in [0.717, 1.165) is 57.9 Å². The molecule has 5 atom stereocenters. The maximum atomic E-state index is 13.9. The van der Waals surface area contributed by atoms with Gasteiger partial charge in [0.1, 0.15) is 6.23 Å². The molecule has 4 rings (SSSR count). The molecule has 2 saturated heterocycles. The zero-order chi connectivity index (χ0) is 25.5. The van der Waals surface area contributed by atoms with Gasteiger partial charge in [-0.2, -0.15) is 0 Å². The summed E-state index contributed by atoms with van der Waals surface area (Å²) >= 11 is 0. The minimum absolute atomic E-state index is 0.0537. The van der Waals surface area contributed by atoms with Gasteiger partial charge in [0.25, 0.3) is 0 Å². The summed E-state index contributed by atoms with van der Waals surface area (Å²) in [5, 5.41) is 18.1. The Labute approximate surface area is 217 Å². The molecule has 0 spiro atoms. The predicted octanol–water partition coefficient (Wildman–Crippen LogP) is 2.92. The zero-order valence-corrected chi connectivity index (χ0v) is 22.2. The number of likely N-dealkylation sites (tertiary alicyclic amines) is 2. The lowest BCUT2D eigenvalue weighted by atomic mass is 9.82. The molecule has 3 fully saturated rings. The summed E-state index contributed by atoms with van der Waals surface area (Å²) in [7, 11) is 1.80. The van der Waals surface area contributed by atoms with Crippen molar-refractivity contribution in [3.05, 3.63) is 35.9 Å². The van der Waals surface area contributed by atoms with Gasteiger partial charge in [0, 0.05) is 19.6 Å². The molecule has 2 heterocycles. The first-order valence-electron chi connectivity index (χ1n) is 14.3. The van der Waals surface area contributed by atoms with Gasteiger partial charge >= 0.3 is 0 Å². The van der Waals surface area contributed by atoms with E-state index in [4.69, 9.17) is 0 Å². The van der Waals surface area contributed by atoms with Crippen LogP contribution in [-0.2, 0) is 16.0 Å². The number of amides is 2. The molecule has 0 aromatic heterocycles. The van der Waals surface area contributed by atoms with E-state index >= 15 is 0 Å². The summed E-state index contributed by atoms with van der Waals surface area (Å²) in [5.74, 6) is 0.612. The number of carbonyl (C=O) groups is 2. The molecule has 0 radical (unpaired) electrons. The van der Waals surface area contributed by atoms with Crippen LogP contribution in [0.1, 0.15) is 70.3 Å². The number of benzene rings is 1. The fourth-order valence-electron chi connectivity index (χ4n) is 6.72. The largest absolute Gasteiger partial charge is 0.376 e. The summed E-state index contributed by atoms with van der Waals surface area (Å²) in [5.41, 5.74) is 1.24. The van der Waals surface area contributed by atoms with Gasteiger partial charge in [0.05, 0.1) is 18.1 Å². The third kappa shape index (κ3) is 6.29. The number of likely N-dealkylation sites (N-methyl/N-ethyl adjacent to an activating group) is 1. The Morgan fingerprint density at radius 3 is 2.50 bits per heavy atom. The van der Waals surface area contributed by atoms with Gasteiger partial charge in [-0.15, -0.1) is 0 Å². The van der Waals surface area contributed by atoms with Gasteiger partial charge in [0.2, 0.25) is 11.8 Å². The lowest BCUT2D eigenvalue weighted by molar-refractivity contribution is -0.143. The number of rotatable bonds is 10. The van der Waals surface area contributed by atoms with Crippen LogP contribution in [-0.4, -0.2) is 77.8 Å². The minimum Gasteiger partial charge on any atom is -0.376 e. The van der Waals surface area contributed by atoms with Crippen molar-refractivity contribution in [2.45, 2.75) is 95.5 Å². The van der Waals surface area contributed by atoms with Crippen LogP contribution in [0.3, 0.4) is 0 Å². The fourth-order valence-corrected chi connectivity index (χ4v) is 6.72. The minimum atomic E-state index is -0.848. The number of hydrogen-bond donors (Lipinski definition) is 3. The summed E-state index contributed by atoms with van der Waals surface area (Å²) in [6.45, 7) is 4.19. The average molecular weight is 499 g/mol. The van der Waals surface area contributed by atoms with Gasteiger partial charge in [-0.3, -0.25) is 14.5 Å². The molecule has 1 aromatic rings. The number of fused-ring (bicyclic) bond motifs is 1. The molecule has 2 amide bonds. The van der Waals surface area contributed by atoms with Gasteiger partial charge in [-0.1, -0.05) is 56.5 Å². The molecule has 1 aromatic carbocycles. The maximum absolute atomic E-state index is 13.9. The first kappa shape index (κ1) is 27.1. The van der Waals surface area contributed by atoms with Crippen LogP contribution in [0.2, 0.25) is 0 Å². The van der Waals surface area contributed by atoms with Crippen molar-refractivity contribution in [2.24, 2.45) is 11.8 Å². The Kier molecular flexibility index (Phi) is 9.80. The highest BCUT2D eigenvalue weighted by Gasteiger charge is 2.47. The molecular formula is C29H46N4O3. The number of nitrogens with zero attached hydrogens (tertiary/aromatic N) is 2. The van der Waals surface area contributed by atoms with E-state index in [1.54, 1.807) is 7.05 Å². The molecule has 1 unspecified atom stereocenters. The van der Waals surface area contributed by atoms with Crippen LogP contribution < -0.4 is 10.6 Å². The van der Waals surface area contributed by atoms with Gasteiger partial charge in [-0.05, 0) is 69.4 Å². The summed E-state index contributed by atoms with van der Waals surface area (Å²) in [6, 6.07) is 9.40. The Hall–Kier alpha value is -1.96. The van der Waals surface area contributed by atoms with Crippen LogP contribution >= 0.6 is 0 Å². The second kappa shape index (κ2) is 13.0. The van der Waals surface area contributed by atoms with E-state index < -0.39 is 6.23 Å². The highest BCUT2D eigenvalue weighted by Crippen LogP contribution is 2.36. The second-order valence-corrected chi connectivity index (χ2v) is 11.0. The fraction of sp³-hybridized carbons (Fsp3) is 0.724. The van der Waals surface area contributed by atoms with Crippen molar-refractivity contribution in [3.8, 4) is 0 Å². The third-order valence-electron chi connectivity index (χ3n) is 8.84. The molecule has 1 aliphatic carbocycles. The van der Waals surface area contributed by atoms with Gasteiger partial charge < -0.3 is 20.6 Å². The molecule has 7 heteroatoms. The van der Waals surface area contributed by atoms with E-state index in [-0.39, 0.29) is 41.8 Å². The van der Waals surface area contributed by atoms with Crippen LogP contribution in [0.5, 0.6) is 0 Å². The number of aliphatic hydroxyl groups excluding tert-OH is 1. The van der Waals surface area contributed by atoms with Gasteiger partial charge in [-0.25, -0.2) is 0 Å². The van der Waals surface area contributed by atoms with Crippen molar-refractivity contribution in [2.75, 3.05) is 26.7 Å². The third-order valence-corrected chi connectivity index (χ3v) is 8.84. The van der Waals surface area contributed by atoms with E-state index in [1.807, 2.05) is 34.9 Å². The van der Waals surface area contributed by atoms with Crippen molar-refractivity contribution >= 4 is 11.8 Å². The highest BCUT2D eigenvalue weighted by atomic mass is 16.3. The van der Waals surface area contributed by atoms with Crippen LogP contribution in [0.15, 0.2) is 30.3 Å². The molecule has 3 aliphatic rings. The van der Waals surface area contributed by atoms with E-state index in [1.165, 1.54) is 12.0 Å². The van der Waals surface area contributed by atoms with Crippen molar-refractivity contribution in [1.29, 1.82) is 0 Å². The van der Waals surface area contributed by atoms with E-state index in [2.05, 4.69) is 22.8 Å². The first-order chi connectivity index (χ1) is 17.5. The molecule has 200 valence electrons. The summed E-state index contributed by atoms with van der Waals surface area (Å²) in [4.78, 5) is 31.0. The molecular weight excluding hydrogens is 452 g/mol. The van der Waals surface area contributed by atoms with E-state index in [0.29, 0.717) is 19.5 Å². The smallest absolute Gasteiger partial charge is 0.240 e. The average Bonchev–Trinajstić information content (AvgIpc) is 3.27. The summed E-state index contributed by atoms with van der Waals surface area (Å²) in [6.07, 6.45) is 9.14. The molecule has 3 N–H and O–H groups in total. The lowest BCUT2D eigenvalue weighted by Gasteiger charge is -2.41. The van der Waals surface area contributed by atoms with Crippen LogP contribution in [0.4, 0.5) is 0 Å². The lowest BCUT2D eigenvalue weighted by Crippen LogP contribution is -2.61. The Bertz CT molecular complexity index is 840. The number of carbonyl (C=O) groups excluding carboxylic acids is 2. The number of aliphatic hydroxyl groups is 1. The van der Waals surface area contributed by atoms with Crippen molar-refractivity contribution < 1.29 is 14.7 Å². The topological polar surface area (TPSA) is 84.9 Å². The predicted molar refractivity (Wildman–Crippen MR) is 142 cm³/mol. The first-order valence-corrected chi connectivity index (χ1v) is 14.3. The molecule has 36 heavy (non-hydrogen) atoms. The Morgan fingerprint density at radius 2 is 1.81 bits per heavy atom. The van der Waals surface area contributed by atoms with Crippen molar-refractivity contribution in [3.63, 3.8) is 0 Å².